The molecule has 2 amide bonds. The van der Waals surface area contributed by atoms with Crippen LogP contribution in [0, 0.1) is 5.82 Å². The molecular formula is C30H39ClFN5O7S2. The van der Waals surface area contributed by atoms with Crippen molar-refractivity contribution in [3.63, 3.8) is 0 Å². The van der Waals surface area contributed by atoms with E-state index >= 15 is 4.39 Å². The summed E-state index contributed by atoms with van der Waals surface area (Å²) in [6, 6.07) is 9.13. The smallest absolute Gasteiger partial charge is 0.405 e. The zero-order valence-corrected chi connectivity index (χ0v) is 27.8. The van der Waals surface area contributed by atoms with Gasteiger partial charge >= 0.3 is 6.09 Å². The third-order valence-corrected chi connectivity index (χ3v) is 13.0. The molecule has 0 aliphatic carbocycles. The minimum absolute atomic E-state index is 0.0491. The Balaban J connectivity index is 1.43. The first-order valence-electron chi connectivity index (χ1n) is 15.2. The number of carbonyl (C=O) groups is 2. The van der Waals surface area contributed by atoms with Gasteiger partial charge < -0.3 is 21.1 Å². The number of nitrogens with zero attached hydrogens (tertiary/aromatic N) is 2. The van der Waals surface area contributed by atoms with Crippen LogP contribution in [0.25, 0.3) is 0 Å². The number of sulfonamides is 2. The van der Waals surface area contributed by atoms with Gasteiger partial charge in [-0.2, -0.15) is 4.31 Å². The number of nitrogens with one attached hydrogen (secondary N) is 3. The van der Waals surface area contributed by atoms with Crippen LogP contribution in [-0.4, -0.2) is 98.9 Å². The van der Waals surface area contributed by atoms with Crippen LogP contribution < -0.4 is 16.0 Å². The largest absolute Gasteiger partial charge is 0.465 e. The van der Waals surface area contributed by atoms with Crippen LogP contribution in [0.3, 0.4) is 0 Å². The Morgan fingerprint density at radius 3 is 2.52 bits per heavy atom. The molecule has 0 saturated carbocycles. The Kier molecular flexibility index (Phi) is 10.3. The lowest BCUT2D eigenvalue weighted by Gasteiger charge is -2.45. The predicted molar refractivity (Wildman–Crippen MR) is 172 cm³/mol. The van der Waals surface area contributed by atoms with E-state index in [0.29, 0.717) is 36.5 Å². The summed E-state index contributed by atoms with van der Waals surface area (Å²) in [5.74, 6) is -1.26. The number of benzene rings is 2. The molecule has 4 atom stereocenters. The summed E-state index contributed by atoms with van der Waals surface area (Å²) in [6.07, 6.45) is 1.64. The van der Waals surface area contributed by atoms with Gasteiger partial charge in [-0.15, -0.1) is 0 Å². The van der Waals surface area contributed by atoms with Gasteiger partial charge in [0.1, 0.15) is 11.9 Å². The normalized spacial score (nSPS) is 25.2. The molecule has 12 nitrogen and oxygen atoms in total. The van der Waals surface area contributed by atoms with E-state index in [0.717, 1.165) is 12.7 Å². The van der Waals surface area contributed by atoms with Crippen LogP contribution in [0.5, 0.6) is 0 Å². The van der Waals surface area contributed by atoms with Crippen molar-refractivity contribution in [2.45, 2.75) is 62.1 Å². The molecule has 5 rings (SSSR count). The first-order chi connectivity index (χ1) is 21.7. The highest BCUT2D eigenvalue weighted by molar-refractivity contribution is 7.89. The molecule has 2 unspecified atom stereocenters. The molecule has 3 heterocycles. The van der Waals surface area contributed by atoms with E-state index in [1.165, 1.54) is 26.8 Å². The topological polar surface area (TPSA) is 165 Å². The molecule has 3 aliphatic rings. The van der Waals surface area contributed by atoms with Crippen molar-refractivity contribution in [3.8, 4) is 0 Å². The number of fused-ring (bicyclic) bond motifs is 2. The maximum atomic E-state index is 15.3. The van der Waals surface area contributed by atoms with Crippen molar-refractivity contribution in [3.05, 3.63) is 64.4 Å². The third-order valence-electron chi connectivity index (χ3n) is 9.45. The summed E-state index contributed by atoms with van der Waals surface area (Å²) >= 11 is 6.13. The maximum absolute atomic E-state index is 15.3. The van der Waals surface area contributed by atoms with Crippen molar-refractivity contribution in [1.82, 2.24) is 19.2 Å². The fourth-order valence-corrected chi connectivity index (χ4v) is 9.79. The average molecular weight is 700 g/mol. The molecule has 3 aliphatic heterocycles. The van der Waals surface area contributed by atoms with Gasteiger partial charge in [0.15, 0.2) is 0 Å². The van der Waals surface area contributed by atoms with E-state index < -0.39 is 55.4 Å². The summed E-state index contributed by atoms with van der Waals surface area (Å²) in [6.45, 7) is 0.888. The van der Waals surface area contributed by atoms with Gasteiger partial charge in [-0.3, -0.25) is 4.79 Å². The first kappa shape index (κ1) is 34.5. The highest BCUT2D eigenvalue weighted by Gasteiger charge is 2.48. The molecule has 2 aromatic carbocycles. The highest BCUT2D eigenvalue weighted by atomic mass is 35.5. The molecular weight excluding hydrogens is 661 g/mol. The number of amides is 2. The fraction of sp³-hybridized carbons (Fsp3) is 0.533. The molecule has 252 valence electrons. The van der Waals surface area contributed by atoms with E-state index in [9.17, 15) is 31.5 Å². The number of rotatable bonds is 9. The van der Waals surface area contributed by atoms with Crippen LogP contribution in [0.1, 0.15) is 43.2 Å². The van der Waals surface area contributed by atoms with Crippen LogP contribution in [-0.2, 0) is 36.7 Å². The van der Waals surface area contributed by atoms with Crippen molar-refractivity contribution in [2.24, 2.45) is 0 Å². The quantitative estimate of drug-likeness (QED) is 0.310. The Bertz CT molecular complexity index is 1670. The predicted octanol–water partition coefficient (Wildman–Crippen LogP) is 2.75. The lowest BCUT2D eigenvalue weighted by Crippen LogP contribution is -2.60. The number of hydrogen-bond acceptors (Lipinski definition) is 7. The SMILES string of the molecule is CS(=O)(=O)N1CCC(c2ccc(Cl)cc2)(C(NC(=O)O)C(=O)Nc2cccc(F)c2CC[C@H]2CN[C@@H]3CCCS(=O)(=O)N2C3)CC1. The van der Waals surface area contributed by atoms with Crippen molar-refractivity contribution >= 4 is 49.3 Å². The molecule has 4 N–H and O–H groups in total. The number of anilines is 1. The van der Waals surface area contributed by atoms with Gasteiger partial charge in [0.05, 0.1) is 12.0 Å². The van der Waals surface area contributed by atoms with Gasteiger partial charge in [-0.05, 0) is 68.4 Å². The van der Waals surface area contributed by atoms with Crippen LogP contribution >= 0.6 is 11.6 Å². The van der Waals surface area contributed by atoms with E-state index in [4.69, 9.17) is 11.6 Å². The lowest BCUT2D eigenvalue weighted by molar-refractivity contribution is -0.120. The number of piperazine rings is 1. The van der Waals surface area contributed by atoms with Crippen molar-refractivity contribution in [1.29, 1.82) is 0 Å². The average Bonchev–Trinajstić information content (AvgIpc) is 3.11. The van der Waals surface area contributed by atoms with E-state index in [1.54, 1.807) is 24.3 Å². The van der Waals surface area contributed by atoms with Gasteiger partial charge in [-0.25, -0.2) is 30.3 Å². The second kappa shape index (κ2) is 13.7. The number of carbonyl (C=O) groups excluding carboxylic acids is 1. The number of hydrogen-bond donors (Lipinski definition) is 4. The van der Waals surface area contributed by atoms with Crippen LogP contribution in [0.15, 0.2) is 42.5 Å². The zero-order chi connectivity index (χ0) is 33.3. The first-order valence-corrected chi connectivity index (χ1v) is 19.0. The summed E-state index contributed by atoms with van der Waals surface area (Å²) in [4.78, 5) is 26.2. The molecule has 0 aromatic heterocycles. The van der Waals surface area contributed by atoms with E-state index in [-0.39, 0.29) is 55.4 Å². The monoisotopic (exact) mass is 699 g/mol. The van der Waals surface area contributed by atoms with Crippen molar-refractivity contribution in [2.75, 3.05) is 43.5 Å². The highest BCUT2D eigenvalue weighted by Crippen LogP contribution is 2.41. The summed E-state index contributed by atoms with van der Waals surface area (Å²) in [7, 11) is -6.99. The van der Waals surface area contributed by atoms with Gasteiger partial charge in [0, 0.05) is 60.0 Å². The summed E-state index contributed by atoms with van der Waals surface area (Å²) in [5.41, 5.74) is -0.248. The van der Waals surface area contributed by atoms with E-state index in [1.807, 2.05) is 0 Å². The van der Waals surface area contributed by atoms with Gasteiger partial charge in [0.25, 0.3) is 0 Å². The second-order valence-corrected chi connectivity index (χ2v) is 16.7. The lowest BCUT2D eigenvalue weighted by atomic mass is 9.67. The molecule has 46 heavy (non-hydrogen) atoms. The fourth-order valence-electron chi connectivity index (χ4n) is 7.01. The number of piperidine rings is 1. The standard InChI is InChI=1S/C30H39ClFN5O7S2/c1-45(41,42)36-15-13-30(14-16-36,20-7-9-21(31)10-8-20)27(35-29(39)40)28(38)34-26-6-2-5-25(32)24(26)12-11-23-18-33-22-4-3-17-46(43,44)37(23)19-22/h2,5-10,22-23,27,33,35H,3-4,11-19H2,1H3,(H,34,38)(H,39,40)/t22-,23+,27?/m1/s1. The number of carboxylic acid groups (broad SMARTS) is 1. The Labute approximate surface area is 273 Å². The molecule has 2 aromatic rings. The van der Waals surface area contributed by atoms with Crippen molar-refractivity contribution < 1.29 is 35.9 Å². The molecule has 3 saturated heterocycles. The Hall–Kier alpha value is -2.82. The molecule has 0 spiro atoms. The Morgan fingerprint density at radius 2 is 1.87 bits per heavy atom. The van der Waals surface area contributed by atoms with Gasteiger partial charge in [-0.1, -0.05) is 29.8 Å². The minimum atomic E-state index is -3.54. The second-order valence-electron chi connectivity index (χ2n) is 12.3. The Morgan fingerprint density at radius 1 is 1.17 bits per heavy atom. The molecule has 2 bridgehead atoms. The maximum Gasteiger partial charge on any atom is 0.405 e. The van der Waals surface area contributed by atoms with Gasteiger partial charge in [0.2, 0.25) is 26.0 Å². The molecule has 0 radical (unpaired) electrons. The number of halogens is 2. The zero-order valence-electron chi connectivity index (χ0n) is 25.4. The molecule has 16 heteroatoms. The van der Waals surface area contributed by atoms with Crippen LogP contribution in [0.2, 0.25) is 5.02 Å². The molecule has 3 fully saturated rings. The third kappa shape index (κ3) is 7.50. The summed E-state index contributed by atoms with van der Waals surface area (Å²) < 4.78 is 68.6. The minimum Gasteiger partial charge on any atom is -0.465 e. The van der Waals surface area contributed by atoms with E-state index in [2.05, 4.69) is 16.0 Å². The van der Waals surface area contributed by atoms with Crippen LogP contribution in [0.4, 0.5) is 14.9 Å². The summed E-state index contributed by atoms with van der Waals surface area (Å²) in [5, 5.41) is 18.8.